The average Bonchev–Trinajstić information content (AvgIpc) is 2.61. The van der Waals surface area contributed by atoms with Crippen LogP contribution < -0.4 is 5.73 Å². The molecule has 2 rings (SSSR count). The molecule has 1 saturated heterocycles. The predicted octanol–water partition coefficient (Wildman–Crippen LogP) is 2.11. The van der Waals surface area contributed by atoms with Gasteiger partial charge in [0.15, 0.2) is 17.5 Å². The van der Waals surface area contributed by atoms with Crippen molar-refractivity contribution < 1.29 is 18.0 Å². The minimum absolute atomic E-state index is 0.130. The van der Waals surface area contributed by atoms with Crippen molar-refractivity contribution >= 4 is 5.91 Å². The lowest BCUT2D eigenvalue weighted by Crippen LogP contribution is -2.33. The molecule has 1 aliphatic heterocycles. The van der Waals surface area contributed by atoms with Crippen molar-refractivity contribution in [2.45, 2.75) is 31.8 Å². The highest BCUT2D eigenvalue weighted by atomic mass is 19.2. The molecule has 1 heterocycles. The van der Waals surface area contributed by atoms with Crippen molar-refractivity contribution in [1.82, 2.24) is 4.90 Å². The third kappa shape index (κ3) is 2.45. The summed E-state index contributed by atoms with van der Waals surface area (Å²) in [6, 6.07) is 0.675. The lowest BCUT2D eigenvalue weighted by atomic mass is 10.00. The molecule has 0 spiro atoms. The number of nitrogens with two attached hydrogens (primary N) is 1. The van der Waals surface area contributed by atoms with Crippen molar-refractivity contribution in [3.63, 3.8) is 0 Å². The summed E-state index contributed by atoms with van der Waals surface area (Å²) in [6.45, 7) is 2.35. The van der Waals surface area contributed by atoms with Crippen molar-refractivity contribution in [3.8, 4) is 0 Å². The van der Waals surface area contributed by atoms with Crippen LogP contribution in [0.1, 0.15) is 31.4 Å². The Bertz CT molecular complexity index is 484. The number of hydrogen-bond donors (Lipinski definition) is 1. The first-order chi connectivity index (χ1) is 8.95. The standard InChI is InChI=1S/C13H15F3N2O/c1-2-3-18-11(19)6-10(17)13(18)7-4-8(14)12(16)9(15)5-7/h4-5,10,13H,2-3,6,17H2,1H3. The molecule has 1 aromatic carbocycles. The van der Waals surface area contributed by atoms with Crippen LogP contribution in [0.5, 0.6) is 0 Å². The Kier molecular flexibility index (Phi) is 3.80. The number of rotatable bonds is 3. The quantitative estimate of drug-likeness (QED) is 0.857. The van der Waals surface area contributed by atoms with Gasteiger partial charge >= 0.3 is 0 Å². The molecule has 2 unspecified atom stereocenters. The zero-order valence-electron chi connectivity index (χ0n) is 10.5. The minimum atomic E-state index is -1.51. The first-order valence-electron chi connectivity index (χ1n) is 6.15. The number of halogens is 3. The van der Waals surface area contributed by atoms with Gasteiger partial charge in [0.05, 0.1) is 6.04 Å². The second-order valence-corrected chi connectivity index (χ2v) is 4.70. The number of carbonyl (C=O) groups is 1. The molecule has 1 amide bonds. The zero-order chi connectivity index (χ0) is 14.2. The summed E-state index contributed by atoms with van der Waals surface area (Å²) in [5.41, 5.74) is 6.06. The number of hydrogen-bond acceptors (Lipinski definition) is 2. The minimum Gasteiger partial charge on any atom is -0.334 e. The van der Waals surface area contributed by atoms with Crippen molar-refractivity contribution in [1.29, 1.82) is 0 Å². The summed E-state index contributed by atoms with van der Waals surface area (Å²) in [7, 11) is 0. The molecular weight excluding hydrogens is 257 g/mol. The molecule has 3 nitrogen and oxygen atoms in total. The Morgan fingerprint density at radius 2 is 1.89 bits per heavy atom. The normalized spacial score (nSPS) is 23.2. The van der Waals surface area contributed by atoms with Gasteiger partial charge in [-0.2, -0.15) is 0 Å². The fraction of sp³-hybridized carbons (Fsp3) is 0.462. The SMILES string of the molecule is CCCN1C(=O)CC(N)C1c1cc(F)c(F)c(F)c1. The summed E-state index contributed by atoms with van der Waals surface area (Å²) in [6.07, 6.45) is 0.840. The summed E-state index contributed by atoms with van der Waals surface area (Å²) in [5, 5.41) is 0. The van der Waals surface area contributed by atoms with Gasteiger partial charge in [-0.15, -0.1) is 0 Å². The Balaban J connectivity index is 2.41. The van der Waals surface area contributed by atoms with Gasteiger partial charge in [0.25, 0.3) is 0 Å². The van der Waals surface area contributed by atoms with Crippen LogP contribution in [-0.2, 0) is 4.79 Å². The fourth-order valence-corrected chi connectivity index (χ4v) is 2.49. The van der Waals surface area contributed by atoms with E-state index in [1.54, 1.807) is 0 Å². The average molecular weight is 272 g/mol. The van der Waals surface area contributed by atoms with E-state index in [0.29, 0.717) is 13.0 Å². The maximum atomic E-state index is 13.3. The maximum Gasteiger partial charge on any atom is 0.224 e. The third-order valence-corrected chi connectivity index (χ3v) is 3.28. The Morgan fingerprint density at radius 3 is 2.42 bits per heavy atom. The number of benzene rings is 1. The summed E-state index contributed by atoms with van der Waals surface area (Å²) in [4.78, 5) is 13.3. The van der Waals surface area contributed by atoms with E-state index in [-0.39, 0.29) is 17.9 Å². The molecule has 1 fully saturated rings. The van der Waals surface area contributed by atoms with Crippen LogP contribution in [0, 0.1) is 17.5 Å². The van der Waals surface area contributed by atoms with Crippen LogP contribution in [0.2, 0.25) is 0 Å². The molecular formula is C13H15F3N2O. The van der Waals surface area contributed by atoms with Crippen LogP contribution >= 0.6 is 0 Å². The van der Waals surface area contributed by atoms with E-state index < -0.39 is 29.5 Å². The summed E-state index contributed by atoms with van der Waals surface area (Å²) in [5.74, 6) is -4.19. The molecule has 2 atom stereocenters. The third-order valence-electron chi connectivity index (χ3n) is 3.28. The predicted molar refractivity (Wildman–Crippen MR) is 63.7 cm³/mol. The van der Waals surface area contributed by atoms with Crippen LogP contribution in [0.15, 0.2) is 12.1 Å². The first-order valence-corrected chi connectivity index (χ1v) is 6.15. The Hall–Kier alpha value is -1.56. The smallest absolute Gasteiger partial charge is 0.224 e. The number of carbonyl (C=O) groups excluding carboxylic acids is 1. The van der Waals surface area contributed by atoms with Gasteiger partial charge in [0.2, 0.25) is 5.91 Å². The van der Waals surface area contributed by atoms with Gasteiger partial charge in [-0.1, -0.05) is 6.92 Å². The van der Waals surface area contributed by atoms with E-state index in [4.69, 9.17) is 5.73 Å². The van der Waals surface area contributed by atoms with Gasteiger partial charge in [0, 0.05) is 19.0 Å². The lowest BCUT2D eigenvalue weighted by Gasteiger charge is -2.27. The van der Waals surface area contributed by atoms with Gasteiger partial charge in [-0.05, 0) is 24.1 Å². The molecule has 0 bridgehead atoms. The summed E-state index contributed by atoms with van der Waals surface area (Å²) < 4.78 is 39.5. The number of likely N-dealkylation sites (tertiary alicyclic amines) is 1. The van der Waals surface area contributed by atoms with Gasteiger partial charge < -0.3 is 10.6 Å². The molecule has 1 aromatic rings. The van der Waals surface area contributed by atoms with Crippen molar-refractivity contribution in [2.75, 3.05) is 6.54 Å². The van der Waals surface area contributed by atoms with Gasteiger partial charge in [-0.3, -0.25) is 4.79 Å². The van der Waals surface area contributed by atoms with E-state index in [9.17, 15) is 18.0 Å². The molecule has 0 saturated carbocycles. The molecule has 19 heavy (non-hydrogen) atoms. The topological polar surface area (TPSA) is 46.3 Å². The second-order valence-electron chi connectivity index (χ2n) is 4.70. The van der Waals surface area contributed by atoms with Crippen LogP contribution in [0.3, 0.4) is 0 Å². The van der Waals surface area contributed by atoms with Gasteiger partial charge in [-0.25, -0.2) is 13.2 Å². The van der Waals surface area contributed by atoms with E-state index >= 15 is 0 Å². The molecule has 104 valence electrons. The highest BCUT2D eigenvalue weighted by Gasteiger charge is 2.38. The monoisotopic (exact) mass is 272 g/mol. The Labute approximate surface area is 109 Å². The largest absolute Gasteiger partial charge is 0.334 e. The van der Waals surface area contributed by atoms with Crippen molar-refractivity contribution in [3.05, 3.63) is 35.1 Å². The zero-order valence-corrected chi connectivity index (χ0v) is 10.5. The van der Waals surface area contributed by atoms with E-state index in [1.165, 1.54) is 4.90 Å². The van der Waals surface area contributed by atoms with E-state index in [0.717, 1.165) is 12.1 Å². The van der Waals surface area contributed by atoms with E-state index in [2.05, 4.69) is 0 Å². The highest BCUT2D eigenvalue weighted by Crippen LogP contribution is 2.33. The number of amides is 1. The van der Waals surface area contributed by atoms with Crippen LogP contribution in [-0.4, -0.2) is 23.4 Å². The van der Waals surface area contributed by atoms with Crippen LogP contribution in [0.4, 0.5) is 13.2 Å². The Morgan fingerprint density at radius 1 is 1.32 bits per heavy atom. The lowest BCUT2D eigenvalue weighted by molar-refractivity contribution is -0.129. The molecule has 2 N–H and O–H groups in total. The molecule has 6 heteroatoms. The van der Waals surface area contributed by atoms with Crippen molar-refractivity contribution in [2.24, 2.45) is 5.73 Å². The van der Waals surface area contributed by atoms with E-state index in [1.807, 2.05) is 6.92 Å². The molecule has 0 radical (unpaired) electrons. The maximum absolute atomic E-state index is 13.3. The fourth-order valence-electron chi connectivity index (χ4n) is 2.49. The second kappa shape index (κ2) is 5.21. The number of nitrogens with zero attached hydrogens (tertiary/aromatic N) is 1. The first kappa shape index (κ1) is 13.9. The highest BCUT2D eigenvalue weighted by molar-refractivity contribution is 5.80. The molecule has 0 aromatic heterocycles. The summed E-state index contributed by atoms with van der Waals surface area (Å²) >= 11 is 0. The van der Waals surface area contributed by atoms with Gasteiger partial charge in [0.1, 0.15) is 0 Å². The van der Waals surface area contributed by atoms with Crippen LogP contribution in [0.25, 0.3) is 0 Å². The molecule has 0 aliphatic carbocycles. The molecule has 1 aliphatic rings.